The number of hydrogen-bond donors (Lipinski definition) is 2. The molecule has 0 atom stereocenters. The molecule has 4 nitrogen and oxygen atoms in total. The number of nitrogens with zero attached hydrogens (tertiary/aromatic N) is 2. The minimum Gasteiger partial charge on any atom is -0.357 e. The fourth-order valence-corrected chi connectivity index (χ4v) is 1.96. The zero-order valence-electron chi connectivity index (χ0n) is 10.6. The van der Waals surface area contributed by atoms with E-state index in [0.717, 1.165) is 12.1 Å². The normalized spacial score (nSPS) is 11.3. The van der Waals surface area contributed by atoms with Crippen LogP contribution in [0.5, 0.6) is 0 Å². The minimum absolute atomic E-state index is 0.105. The average molecular weight is 382 g/mol. The summed E-state index contributed by atoms with van der Waals surface area (Å²) in [6.45, 7) is 0. The van der Waals surface area contributed by atoms with Crippen molar-refractivity contribution in [1.82, 2.24) is 9.97 Å². The molecule has 0 saturated heterocycles. The molecule has 0 spiro atoms. The molecule has 2 N–H and O–H groups in total. The van der Waals surface area contributed by atoms with Gasteiger partial charge in [-0.05, 0) is 34.1 Å². The molecular weight excluding hydrogens is 373 g/mol. The maximum atomic E-state index is 12.7. The number of nitrogens with one attached hydrogen (secondary N) is 2. The number of benzene rings is 1. The third-order valence-electron chi connectivity index (χ3n) is 2.51. The summed E-state index contributed by atoms with van der Waals surface area (Å²) in [5.41, 5.74) is -0.693. The van der Waals surface area contributed by atoms with Gasteiger partial charge in [-0.25, -0.2) is 4.98 Å². The van der Waals surface area contributed by atoms with Gasteiger partial charge in [-0.2, -0.15) is 18.2 Å². The molecule has 9 heteroatoms. The maximum Gasteiger partial charge on any atom is 0.416 e. The van der Waals surface area contributed by atoms with Crippen molar-refractivity contribution in [2.45, 2.75) is 6.18 Å². The lowest BCUT2D eigenvalue weighted by Gasteiger charge is -2.13. The van der Waals surface area contributed by atoms with E-state index in [1.54, 1.807) is 7.05 Å². The molecule has 0 radical (unpaired) electrons. The fraction of sp³-hybridized carbons (Fsp3) is 0.167. The lowest BCUT2D eigenvalue weighted by molar-refractivity contribution is -0.137. The molecule has 1 aromatic carbocycles. The Morgan fingerprint density at radius 3 is 2.62 bits per heavy atom. The van der Waals surface area contributed by atoms with Gasteiger partial charge in [0.2, 0.25) is 5.95 Å². The largest absolute Gasteiger partial charge is 0.416 e. The molecule has 21 heavy (non-hydrogen) atoms. The summed E-state index contributed by atoms with van der Waals surface area (Å²) in [4.78, 5) is 8.06. The minimum atomic E-state index is -4.44. The van der Waals surface area contributed by atoms with Gasteiger partial charge in [0, 0.05) is 13.2 Å². The molecule has 2 rings (SSSR count). The van der Waals surface area contributed by atoms with Gasteiger partial charge >= 0.3 is 6.18 Å². The zero-order valence-corrected chi connectivity index (χ0v) is 12.9. The van der Waals surface area contributed by atoms with Crippen LogP contribution in [0.3, 0.4) is 0 Å². The van der Waals surface area contributed by atoms with Gasteiger partial charge in [-0.15, -0.1) is 0 Å². The van der Waals surface area contributed by atoms with Crippen LogP contribution in [0.1, 0.15) is 5.56 Å². The van der Waals surface area contributed by atoms with E-state index in [1.165, 1.54) is 12.3 Å². The predicted octanol–water partition coefficient (Wildman–Crippen LogP) is 4.70. The molecule has 0 saturated carbocycles. The van der Waals surface area contributed by atoms with Crippen molar-refractivity contribution < 1.29 is 13.2 Å². The Hall–Kier alpha value is -1.54. The van der Waals surface area contributed by atoms with E-state index < -0.39 is 11.7 Å². The Bertz CT molecular complexity index is 663. The van der Waals surface area contributed by atoms with Crippen LogP contribution in [-0.2, 0) is 6.18 Å². The van der Waals surface area contributed by atoms with E-state index >= 15 is 0 Å². The quantitative estimate of drug-likeness (QED) is 0.809. The van der Waals surface area contributed by atoms with Gasteiger partial charge in [0.15, 0.2) is 0 Å². The Morgan fingerprint density at radius 2 is 2.00 bits per heavy atom. The van der Waals surface area contributed by atoms with Gasteiger partial charge in [-0.3, -0.25) is 0 Å². The van der Waals surface area contributed by atoms with Crippen molar-refractivity contribution in [3.05, 3.63) is 39.5 Å². The first-order chi connectivity index (χ1) is 9.81. The summed E-state index contributed by atoms with van der Waals surface area (Å²) in [6.07, 6.45) is -2.97. The Labute approximate surface area is 131 Å². The fourth-order valence-electron chi connectivity index (χ4n) is 1.50. The number of halogens is 5. The standard InChI is InChI=1S/C12H9BrClF3N4/c1-18-11-19-5-7(13)10(21-11)20-9-4-6(12(15,16)17)2-3-8(9)14/h2-5H,1H3,(H2,18,19,20,21). The van der Waals surface area contributed by atoms with Crippen molar-refractivity contribution >= 4 is 45.0 Å². The van der Waals surface area contributed by atoms with E-state index in [0.29, 0.717) is 16.2 Å². The van der Waals surface area contributed by atoms with E-state index in [9.17, 15) is 13.2 Å². The summed E-state index contributed by atoms with van der Waals surface area (Å²) in [6, 6.07) is 3.03. The summed E-state index contributed by atoms with van der Waals surface area (Å²) in [5, 5.41) is 5.64. The summed E-state index contributed by atoms with van der Waals surface area (Å²) in [7, 11) is 1.63. The average Bonchev–Trinajstić information content (AvgIpc) is 2.42. The molecule has 112 valence electrons. The van der Waals surface area contributed by atoms with E-state index in [4.69, 9.17) is 11.6 Å². The highest BCUT2D eigenvalue weighted by molar-refractivity contribution is 9.10. The maximum absolute atomic E-state index is 12.7. The highest BCUT2D eigenvalue weighted by Gasteiger charge is 2.31. The Kier molecular flexibility index (Phi) is 4.58. The highest BCUT2D eigenvalue weighted by atomic mass is 79.9. The number of hydrogen-bond acceptors (Lipinski definition) is 4. The van der Waals surface area contributed by atoms with Crippen LogP contribution in [0, 0.1) is 0 Å². The van der Waals surface area contributed by atoms with Gasteiger partial charge in [0.25, 0.3) is 0 Å². The van der Waals surface area contributed by atoms with Crippen molar-refractivity contribution in [2.24, 2.45) is 0 Å². The van der Waals surface area contributed by atoms with Crippen LogP contribution in [0.15, 0.2) is 28.9 Å². The number of alkyl halides is 3. The van der Waals surface area contributed by atoms with Crippen LogP contribution in [0.25, 0.3) is 0 Å². The van der Waals surface area contributed by atoms with Crippen LogP contribution in [0.2, 0.25) is 5.02 Å². The van der Waals surface area contributed by atoms with Crippen LogP contribution in [-0.4, -0.2) is 17.0 Å². The molecule has 2 aromatic rings. The molecule has 1 aromatic heterocycles. The van der Waals surface area contributed by atoms with Gasteiger partial charge in [-0.1, -0.05) is 11.6 Å². The lowest BCUT2D eigenvalue weighted by Crippen LogP contribution is -2.06. The van der Waals surface area contributed by atoms with Crippen LogP contribution >= 0.6 is 27.5 Å². The van der Waals surface area contributed by atoms with E-state index in [-0.39, 0.29) is 10.7 Å². The summed E-state index contributed by atoms with van der Waals surface area (Å²) in [5.74, 6) is 0.624. The first-order valence-electron chi connectivity index (χ1n) is 5.65. The first-order valence-corrected chi connectivity index (χ1v) is 6.82. The number of anilines is 3. The van der Waals surface area contributed by atoms with Crippen LogP contribution in [0.4, 0.5) is 30.6 Å². The monoisotopic (exact) mass is 380 g/mol. The second-order valence-electron chi connectivity index (χ2n) is 3.96. The summed E-state index contributed by atoms with van der Waals surface area (Å²) >= 11 is 9.14. The first kappa shape index (κ1) is 15.8. The van der Waals surface area contributed by atoms with Crippen molar-refractivity contribution in [2.75, 3.05) is 17.7 Å². The Balaban J connectivity index is 2.39. The molecule has 0 aliphatic heterocycles. The molecular formula is C12H9BrClF3N4. The molecule has 0 fully saturated rings. The second kappa shape index (κ2) is 6.07. The zero-order chi connectivity index (χ0) is 15.6. The van der Waals surface area contributed by atoms with Crippen LogP contribution < -0.4 is 10.6 Å². The second-order valence-corrected chi connectivity index (χ2v) is 5.22. The van der Waals surface area contributed by atoms with Gasteiger partial charge in [0.1, 0.15) is 5.82 Å². The molecule has 1 heterocycles. The third-order valence-corrected chi connectivity index (χ3v) is 3.42. The van der Waals surface area contributed by atoms with Crippen molar-refractivity contribution in [3.8, 4) is 0 Å². The molecule has 0 amide bonds. The van der Waals surface area contributed by atoms with E-state index in [1.807, 2.05) is 0 Å². The molecule has 0 bridgehead atoms. The third kappa shape index (κ3) is 3.76. The van der Waals surface area contributed by atoms with Gasteiger partial charge in [0.05, 0.1) is 20.7 Å². The lowest BCUT2D eigenvalue weighted by atomic mass is 10.2. The van der Waals surface area contributed by atoms with E-state index in [2.05, 4.69) is 36.5 Å². The molecule has 0 aliphatic carbocycles. The topological polar surface area (TPSA) is 49.8 Å². The summed E-state index contributed by atoms with van der Waals surface area (Å²) < 4.78 is 38.7. The van der Waals surface area contributed by atoms with Crippen molar-refractivity contribution in [1.29, 1.82) is 0 Å². The smallest absolute Gasteiger partial charge is 0.357 e. The van der Waals surface area contributed by atoms with Crippen molar-refractivity contribution in [3.63, 3.8) is 0 Å². The highest BCUT2D eigenvalue weighted by Crippen LogP contribution is 2.35. The number of aromatic nitrogens is 2. The SMILES string of the molecule is CNc1ncc(Br)c(Nc2cc(C(F)(F)F)ccc2Cl)n1. The molecule has 0 aliphatic rings. The Morgan fingerprint density at radius 1 is 1.29 bits per heavy atom. The number of rotatable bonds is 3. The predicted molar refractivity (Wildman–Crippen MR) is 79.0 cm³/mol. The molecule has 0 unspecified atom stereocenters. The van der Waals surface area contributed by atoms with Gasteiger partial charge < -0.3 is 10.6 Å².